The van der Waals surface area contributed by atoms with Crippen LogP contribution in [0.25, 0.3) is 0 Å². The smallest absolute Gasteiger partial charge is 0.223 e. The molecule has 4 heteroatoms. The molecule has 1 aliphatic rings. The number of likely N-dealkylation sites (N-methyl/N-ethyl adjacent to an activating group) is 1. The maximum Gasteiger partial charge on any atom is 0.223 e. The number of hydrogen-bond acceptors (Lipinski definition) is 4. The highest BCUT2D eigenvalue weighted by Crippen LogP contribution is 2.35. The molecular weight excluding hydrogens is 248 g/mol. The number of rotatable bonds is 4. The molecule has 2 unspecified atom stereocenters. The van der Waals surface area contributed by atoms with E-state index in [1.807, 2.05) is 19.9 Å². The third-order valence-electron chi connectivity index (χ3n) is 4.57. The average Bonchev–Trinajstić information content (AvgIpc) is 2.35. The summed E-state index contributed by atoms with van der Waals surface area (Å²) in [4.78, 5) is 11.4. The minimum Gasteiger partial charge on any atom is -0.352 e. The van der Waals surface area contributed by atoms with Gasteiger partial charge < -0.3 is 10.2 Å². The average molecular weight is 276 g/mol. The van der Waals surface area contributed by atoms with Crippen molar-refractivity contribution in [2.24, 2.45) is 5.92 Å². The molecule has 1 aliphatic carbocycles. The van der Waals surface area contributed by atoms with Crippen LogP contribution in [-0.2, 0) is 0 Å². The fraction of sp³-hybridized carbons (Fsp3) is 0.750. The molecule has 1 fully saturated rings. The molecular formula is C16H28N4. The van der Waals surface area contributed by atoms with Gasteiger partial charge in [-0.15, -0.1) is 0 Å². The van der Waals surface area contributed by atoms with E-state index in [-0.39, 0.29) is 5.54 Å². The first-order valence-electron chi connectivity index (χ1n) is 7.65. The maximum atomic E-state index is 4.49. The van der Waals surface area contributed by atoms with Crippen LogP contribution in [0.2, 0.25) is 0 Å². The van der Waals surface area contributed by atoms with Crippen LogP contribution in [-0.4, -0.2) is 41.0 Å². The number of anilines is 1. The second kappa shape index (κ2) is 6.08. The molecule has 112 valence electrons. The molecule has 0 radical (unpaired) electrons. The van der Waals surface area contributed by atoms with Crippen molar-refractivity contribution in [2.45, 2.75) is 52.0 Å². The summed E-state index contributed by atoms with van der Waals surface area (Å²) < 4.78 is 0. The lowest BCUT2D eigenvalue weighted by Crippen LogP contribution is -2.52. The summed E-state index contributed by atoms with van der Waals surface area (Å²) >= 11 is 0. The van der Waals surface area contributed by atoms with E-state index < -0.39 is 0 Å². The topological polar surface area (TPSA) is 41.1 Å². The number of nitrogens with zero attached hydrogens (tertiary/aromatic N) is 3. The molecule has 4 nitrogen and oxygen atoms in total. The molecule has 2 atom stereocenters. The normalized spacial score (nSPS) is 26.8. The van der Waals surface area contributed by atoms with Crippen LogP contribution in [0.3, 0.4) is 0 Å². The molecule has 0 amide bonds. The van der Waals surface area contributed by atoms with Crippen LogP contribution in [0.1, 0.15) is 44.0 Å². The van der Waals surface area contributed by atoms with Gasteiger partial charge in [0.15, 0.2) is 0 Å². The van der Waals surface area contributed by atoms with Gasteiger partial charge in [0.25, 0.3) is 0 Å². The van der Waals surface area contributed by atoms with Gasteiger partial charge in [-0.3, -0.25) is 0 Å². The van der Waals surface area contributed by atoms with E-state index in [4.69, 9.17) is 0 Å². The Morgan fingerprint density at radius 2 is 1.95 bits per heavy atom. The van der Waals surface area contributed by atoms with Gasteiger partial charge in [0, 0.05) is 23.5 Å². The Morgan fingerprint density at radius 3 is 2.50 bits per heavy atom. The van der Waals surface area contributed by atoms with Crippen LogP contribution in [0.5, 0.6) is 0 Å². The molecule has 0 aromatic carbocycles. The van der Waals surface area contributed by atoms with Crippen molar-refractivity contribution in [2.75, 3.05) is 26.0 Å². The van der Waals surface area contributed by atoms with Gasteiger partial charge in [0.05, 0.1) is 0 Å². The zero-order valence-corrected chi connectivity index (χ0v) is 13.5. The van der Waals surface area contributed by atoms with Gasteiger partial charge in [-0.2, -0.15) is 0 Å². The predicted molar refractivity (Wildman–Crippen MR) is 84.0 cm³/mol. The van der Waals surface area contributed by atoms with Gasteiger partial charge >= 0.3 is 0 Å². The van der Waals surface area contributed by atoms with Crippen LogP contribution in [0.15, 0.2) is 6.07 Å². The van der Waals surface area contributed by atoms with Crippen molar-refractivity contribution in [3.05, 3.63) is 17.5 Å². The summed E-state index contributed by atoms with van der Waals surface area (Å²) in [7, 11) is 4.39. The maximum absolute atomic E-state index is 4.49. The molecule has 1 aromatic heterocycles. The van der Waals surface area contributed by atoms with Crippen molar-refractivity contribution in [3.63, 3.8) is 0 Å². The highest BCUT2D eigenvalue weighted by molar-refractivity contribution is 5.28. The summed E-state index contributed by atoms with van der Waals surface area (Å²) in [6.45, 7) is 7.33. The van der Waals surface area contributed by atoms with E-state index >= 15 is 0 Å². The highest BCUT2D eigenvalue weighted by Gasteiger charge is 2.36. The van der Waals surface area contributed by atoms with Crippen LogP contribution >= 0.6 is 0 Å². The van der Waals surface area contributed by atoms with Crippen molar-refractivity contribution >= 4 is 5.95 Å². The Balaban J connectivity index is 2.09. The summed E-state index contributed by atoms with van der Waals surface area (Å²) in [5, 5.41) is 3.47. The standard InChI is InChI=1S/C16H28N4/c1-12-7-6-8-16(10-12,20(4)5)11-17-15-18-13(2)9-14(3)19-15/h9,12H,6-8,10-11H2,1-5H3,(H,17,18,19). The minimum atomic E-state index is 0.235. The molecule has 0 spiro atoms. The zero-order valence-electron chi connectivity index (χ0n) is 13.5. The van der Waals surface area contributed by atoms with Gasteiger partial charge in [-0.1, -0.05) is 19.8 Å². The quantitative estimate of drug-likeness (QED) is 0.918. The van der Waals surface area contributed by atoms with E-state index in [0.717, 1.165) is 29.8 Å². The predicted octanol–water partition coefficient (Wildman–Crippen LogP) is 3.02. The zero-order chi connectivity index (χ0) is 14.8. The van der Waals surface area contributed by atoms with Crippen molar-refractivity contribution in [1.29, 1.82) is 0 Å². The Labute approximate surface area is 123 Å². The van der Waals surface area contributed by atoms with E-state index in [1.54, 1.807) is 0 Å². The van der Waals surface area contributed by atoms with E-state index in [0.29, 0.717) is 0 Å². The molecule has 1 heterocycles. The lowest BCUT2D eigenvalue weighted by Gasteiger charge is -2.45. The molecule has 20 heavy (non-hydrogen) atoms. The largest absolute Gasteiger partial charge is 0.352 e. The monoisotopic (exact) mass is 276 g/mol. The van der Waals surface area contributed by atoms with Gasteiger partial charge in [0.1, 0.15) is 0 Å². The first-order chi connectivity index (χ1) is 9.41. The Bertz CT molecular complexity index is 438. The van der Waals surface area contributed by atoms with E-state index in [9.17, 15) is 0 Å². The minimum absolute atomic E-state index is 0.235. The van der Waals surface area contributed by atoms with Crippen molar-refractivity contribution < 1.29 is 0 Å². The Hall–Kier alpha value is -1.16. The molecule has 0 aliphatic heterocycles. The number of aryl methyl sites for hydroxylation is 2. The Morgan fingerprint density at radius 1 is 1.30 bits per heavy atom. The summed E-state index contributed by atoms with van der Waals surface area (Å²) in [5.74, 6) is 1.56. The van der Waals surface area contributed by atoms with Crippen molar-refractivity contribution in [1.82, 2.24) is 14.9 Å². The van der Waals surface area contributed by atoms with E-state index in [1.165, 1.54) is 25.7 Å². The first-order valence-corrected chi connectivity index (χ1v) is 7.65. The number of aromatic nitrogens is 2. The summed E-state index contributed by atoms with van der Waals surface area (Å²) in [6.07, 6.45) is 5.17. The van der Waals surface area contributed by atoms with Gasteiger partial charge in [-0.25, -0.2) is 9.97 Å². The summed E-state index contributed by atoms with van der Waals surface area (Å²) in [6, 6.07) is 2.01. The Kier molecular flexibility index (Phi) is 4.63. The molecule has 2 rings (SSSR count). The fourth-order valence-corrected chi connectivity index (χ4v) is 3.41. The molecule has 0 saturated heterocycles. The molecule has 1 N–H and O–H groups in total. The molecule has 0 bridgehead atoms. The van der Waals surface area contributed by atoms with E-state index in [2.05, 4.69) is 41.2 Å². The number of nitrogens with one attached hydrogen (secondary N) is 1. The van der Waals surface area contributed by atoms with Gasteiger partial charge in [-0.05, 0) is 52.8 Å². The lowest BCUT2D eigenvalue weighted by atomic mass is 9.75. The molecule has 1 saturated carbocycles. The number of hydrogen-bond donors (Lipinski definition) is 1. The lowest BCUT2D eigenvalue weighted by molar-refractivity contribution is 0.0881. The van der Waals surface area contributed by atoms with Crippen LogP contribution in [0, 0.1) is 19.8 Å². The third-order valence-corrected chi connectivity index (χ3v) is 4.57. The van der Waals surface area contributed by atoms with Crippen molar-refractivity contribution in [3.8, 4) is 0 Å². The van der Waals surface area contributed by atoms with Crippen LogP contribution < -0.4 is 5.32 Å². The highest BCUT2D eigenvalue weighted by atomic mass is 15.2. The second-order valence-corrected chi connectivity index (χ2v) is 6.65. The molecule has 1 aromatic rings. The summed E-state index contributed by atoms with van der Waals surface area (Å²) in [5.41, 5.74) is 2.28. The second-order valence-electron chi connectivity index (χ2n) is 6.65. The first kappa shape index (κ1) is 15.2. The third kappa shape index (κ3) is 3.48. The van der Waals surface area contributed by atoms with Crippen LogP contribution in [0.4, 0.5) is 5.95 Å². The SMILES string of the molecule is Cc1cc(C)nc(NCC2(N(C)C)CCCC(C)C2)n1. The van der Waals surface area contributed by atoms with Gasteiger partial charge in [0.2, 0.25) is 5.95 Å². The fourth-order valence-electron chi connectivity index (χ4n) is 3.41.